The van der Waals surface area contributed by atoms with Crippen LogP contribution in [0.15, 0.2) is 66.7 Å². The zero-order chi connectivity index (χ0) is 28.5. The van der Waals surface area contributed by atoms with E-state index in [0.29, 0.717) is 28.4 Å². The SMILES string of the molecule is CCC(CC)NC(=O)Nc1ccc(Oc2ccc(NC(=O)c3ccc(OC4CCN(C)CC4)cc3)cc2C)cc1. The fourth-order valence-corrected chi connectivity index (χ4v) is 4.60. The van der Waals surface area contributed by atoms with Gasteiger partial charge in [-0.05, 0) is 112 Å². The molecule has 0 spiro atoms. The molecule has 40 heavy (non-hydrogen) atoms. The molecular formula is C32H40N4O4. The van der Waals surface area contributed by atoms with E-state index in [9.17, 15) is 9.59 Å². The molecule has 4 rings (SSSR count). The molecule has 212 valence electrons. The predicted molar refractivity (Wildman–Crippen MR) is 160 cm³/mol. The van der Waals surface area contributed by atoms with Gasteiger partial charge in [-0.1, -0.05) is 13.8 Å². The van der Waals surface area contributed by atoms with Crippen molar-refractivity contribution in [3.05, 3.63) is 77.9 Å². The summed E-state index contributed by atoms with van der Waals surface area (Å²) in [4.78, 5) is 27.3. The van der Waals surface area contributed by atoms with Crippen molar-refractivity contribution in [3.8, 4) is 17.2 Å². The van der Waals surface area contributed by atoms with Crippen LogP contribution in [0.3, 0.4) is 0 Å². The fraction of sp³-hybridized carbons (Fsp3) is 0.375. The van der Waals surface area contributed by atoms with Crippen LogP contribution >= 0.6 is 0 Å². The highest BCUT2D eigenvalue weighted by atomic mass is 16.5. The lowest BCUT2D eigenvalue weighted by atomic mass is 10.1. The summed E-state index contributed by atoms with van der Waals surface area (Å²) in [6, 6.07) is 20.0. The Kier molecular flexibility index (Phi) is 10.0. The van der Waals surface area contributed by atoms with Gasteiger partial charge in [0.2, 0.25) is 0 Å². The fourth-order valence-electron chi connectivity index (χ4n) is 4.60. The lowest BCUT2D eigenvalue weighted by molar-refractivity contribution is 0.102. The van der Waals surface area contributed by atoms with Gasteiger partial charge in [0.15, 0.2) is 0 Å². The Morgan fingerprint density at radius 1 is 0.875 bits per heavy atom. The van der Waals surface area contributed by atoms with Gasteiger partial charge in [0.05, 0.1) is 0 Å². The molecular weight excluding hydrogens is 504 g/mol. The second kappa shape index (κ2) is 13.8. The molecule has 1 saturated heterocycles. The number of nitrogens with one attached hydrogen (secondary N) is 3. The average molecular weight is 545 g/mol. The molecule has 3 N–H and O–H groups in total. The molecule has 3 amide bonds. The van der Waals surface area contributed by atoms with Crippen LogP contribution < -0.4 is 25.4 Å². The van der Waals surface area contributed by atoms with E-state index in [0.717, 1.165) is 50.1 Å². The standard InChI is InChI=1S/C32H40N4O4/c1-5-24(6-2)34-32(38)35-25-9-14-28(15-10-25)40-30-16-11-26(21-22(30)3)33-31(37)23-7-12-27(13-8-23)39-29-17-19-36(4)20-18-29/h7-16,21,24,29H,5-6,17-20H2,1-4H3,(H,33,37)(H2,34,35,38). The third-order valence-corrected chi connectivity index (χ3v) is 7.18. The maximum absolute atomic E-state index is 12.8. The average Bonchev–Trinajstić information content (AvgIpc) is 2.95. The molecule has 0 aromatic heterocycles. The molecule has 0 saturated carbocycles. The first-order chi connectivity index (χ1) is 19.3. The van der Waals surface area contributed by atoms with Gasteiger partial charge in [-0.2, -0.15) is 0 Å². The number of aryl methyl sites for hydroxylation is 1. The number of rotatable bonds is 10. The van der Waals surface area contributed by atoms with Gasteiger partial charge in [0.1, 0.15) is 23.4 Å². The van der Waals surface area contributed by atoms with Crippen LogP contribution in [0.25, 0.3) is 0 Å². The Morgan fingerprint density at radius 3 is 2.12 bits per heavy atom. The normalized spacial score (nSPS) is 14.0. The van der Waals surface area contributed by atoms with Crippen molar-refractivity contribution in [2.24, 2.45) is 0 Å². The molecule has 3 aromatic carbocycles. The molecule has 0 atom stereocenters. The topological polar surface area (TPSA) is 91.9 Å². The quantitative estimate of drug-likeness (QED) is 0.260. The van der Waals surface area contributed by atoms with Gasteiger partial charge in [-0.25, -0.2) is 4.79 Å². The number of anilines is 2. The third-order valence-electron chi connectivity index (χ3n) is 7.18. The summed E-state index contributed by atoms with van der Waals surface area (Å²) in [6.45, 7) is 8.11. The number of ether oxygens (including phenoxy) is 2. The number of nitrogens with zero attached hydrogens (tertiary/aromatic N) is 1. The summed E-state index contributed by atoms with van der Waals surface area (Å²) in [7, 11) is 2.13. The maximum atomic E-state index is 12.8. The first-order valence-corrected chi connectivity index (χ1v) is 14.1. The Hall–Kier alpha value is -4.04. The van der Waals surface area contributed by atoms with Crippen molar-refractivity contribution in [1.82, 2.24) is 10.2 Å². The van der Waals surface area contributed by atoms with Crippen LogP contribution in [0.1, 0.15) is 55.5 Å². The number of carbonyl (C=O) groups is 2. The summed E-state index contributed by atoms with van der Waals surface area (Å²) in [6.07, 6.45) is 4.02. The zero-order valence-electron chi connectivity index (χ0n) is 23.8. The number of benzene rings is 3. The van der Waals surface area contributed by atoms with Crippen molar-refractivity contribution >= 4 is 23.3 Å². The van der Waals surface area contributed by atoms with Gasteiger partial charge in [-0.15, -0.1) is 0 Å². The van der Waals surface area contributed by atoms with Crippen LogP contribution in [0, 0.1) is 6.92 Å². The van der Waals surface area contributed by atoms with E-state index in [1.54, 1.807) is 24.3 Å². The Balaban J connectivity index is 1.29. The number of carbonyl (C=O) groups excluding carboxylic acids is 2. The minimum absolute atomic E-state index is 0.160. The molecule has 0 bridgehead atoms. The first-order valence-electron chi connectivity index (χ1n) is 14.1. The second-order valence-electron chi connectivity index (χ2n) is 10.3. The van der Waals surface area contributed by atoms with E-state index < -0.39 is 0 Å². The van der Waals surface area contributed by atoms with Crippen LogP contribution in [0.4, 0.5) is 16.2 Å². The Labute approximate surface area is 237 Å². The van der Waals surface area contributed by atoms with Gasteiger partial charge in [-0.3, -0.25) is 4.79 Å². The maximum Gasteiger partial charge on any atom is 0.319 e. The molecule has 0 radical (unpaired) electrons. The van der Waals surface area contributed by atoms with Crippen LogP contribution in [-0.2, 0) is 0 Å². The third kappa shape index (κ3) is 8.23. The second-order valence-corrected chi connectivity index (χ2v) is 10.3. The highest BCUT2D eigenvalue weighted by Gasteiger charge is 2.18. The van der Waals surface area contributed by atoms with Gasteiger partial charge >= 0.3 is 6.03 Å². The van der Waals surface area contributed by atoms with E-state index in [-0.39, 0.29) is 24.1 Å². The van der Waals surface area contributed by atoms with Crippen LogP contribution in [-0.4, -0.2) is 49.1 Å². The minimum Gasteiger partial charge on any atom is -0.490 e. The highest BCUT2D eigenvalue weighted by Crippen LogP contribution is 2.28. The van der Waals surface area contributed by atoms with Gasteiger partial charge in [0.25, 0.3) is 5.91 Å². The summed E-state index contributed by atoms with van der Waals surface area (Å²) < 4.78 is 12.1. The molecule has 8 heteroatoms. The Morgan fingerprint density at radius 2 is 1.50 bits per heavy atom. The molecule has 1 heterocycles. The molecule has 3 aromatic rings. The highest BCUT2D eigenvalue weighted by molar-refractivity contribution is 6.04. The van der Waals surface area contributed by atoms with E-state index in [1.807, 2.05) is 49.4 Å². The van der Waals surface area contributed by atoms with Crippen molar-refractivity contribution in [3.63, 3.8) is 0 Å². The minimum atomic E-state index is -0.215. The van der Waals surface area contributed by atoms with Crippen molar-refractivity contribution in [1.29, 1.82) is 0 Å². The molecule has 0 aliphatic carbocycles. The van der Waals surface area contributed by atoms with E-state index >= 15 is 0 Å². The first kappa shape index (κ1) is 29.0. The number of likely N-dealkylation sites (tertiary alicyclic amines) is 1. The van der Waals surface area contributed by atoms with Crippen molar-refractivity contribution < 1.29 is 19.1 Å². The number of amides is 3. The summed E-state index contributed by atoms with van der Waals surface area (Å²) in [5.74, 6) is 1.93. The van der Waals surface area contributed by atoms with Crippen LogP contribution in [0.5, 0.6) is 17.2 Å². The number of hydrogen-bond donors (Lipinski definition) is 3. The van der Waals surface area contributed by atoms with Crippen molar-refractivity contribution in [2.75, 3.05) is 30.8 Å². The van der Waals surface area contributed by atoms with Crippen LogP contribution in [0.2, 0.25) is 0 Å². The largest absolute Gasteiger partial charge is 0.490 e. The molecule has 8 nitrogen and oxygen atoms in total. The van der Waals surface area contributed by atoms with Crippen molar-refractivity contribution in [2.45, 2.75) is 58.6 Å². The Bertz CT molecular complexity index is 1270. The summed E-state index contributed by atoms with van der Waals surface area (Å²) >= 11 is 0. The lowest BCUT2D eigenvalue weighted by Gasteiger charge is -2.29. The number of urea groups is 1. The monoisotopic (exact) mass is 544 g/mol. The van der Waals surface area contributed by atoms with E-state index in [4.69, 9.17) is 9.47 Å². The number of hydrogen-bond acceptors (Lipinski definition) is 5. The van der Waals surface area contributed by atoms with Gasteiger partial charge in [0, 0.05) is 36.1 Å². The number of piperidine rings is 1. The molecule has 1 aliphatic rings. The lowest BCUT2D eigenvalue weighted by Crippen LogP contribution is -2.37. The molecule has 1 aliphatic heterocycles. The smallest absolute Gasteiger partial charge is 0.319 e. The van der Waals surface area contributed by atoms with E-state index in [2.05, 4.69) is 41.7 Å². The molecule has 1 fully saturated rings. The molecule has 0 unspecified atom stereocenters. The predicted octanol–water partition coefficient (Wildman–Crippen LogP) is 6.82. The summed E-state index contributed by atoms with van der Waals surface area (Å²) in [5, 5.41) is 8.76. The zero-order valence-corrected chi connectivity index (χ0v) is 23.8. The summed E-state index contributed by atoms with van der Waals surface area (Å²) in [5.41, 5.74) is 2.82. The van der Waals surface area contributed by atoms with E-state index in [1.165, 1.54) is 0 Å². The van der Waals surface area contributed by atoms with Gasteiger partial charge < -0.3 is 30.3 Å².